The van der Waals surface area contributed by atoms with Crippen LogP contribution in [0.3, 0.4) is 0 Å². The summed E-state index contributed by atoms with van der Waals surface area (Å²) >= 11 is 0. The SMILES string of the molecule is O=C([O-])N(c1ccc(S(=O)(=O)NC2CCCCC2)cc1)C1CCCC1. The molecule has 1 N–H and O–H groups in total. The zero-order valence-corrected chi connectivity index (χ0v) is 15.1. The molecule has 0 spiro atoms. The van der Waals surface area contributed by atoms with Gasteiger partial charge in [-0.15, -0.1) is 0 Å². The van der Waals surface area contributed by atoms with Crippen molar-refractivity contribution in [1.82, 2.24) is 4.72 Å². The number of sulfonamides is 1. The summed E-state index contributed by atoms with van der Waals surface area (Å²) in [5.74, 6) is 0. The molecular formula is C18H25N2O4S-. The van der Waals surface area contributed by atoms with Crippen LogP contribution in [0.25, 0.3) is 0 Å². The van der Waals surface area contributed by atoms with Crippen LogP contribution in [0.5, 0.6) is 0 Å². The van der Waals surface area contributed by atoms with Gasteiger partial charge in [-0.2, -0.15) is 0 Å². The Hall–Kier alpha value is -1.60. The number of carboxylic acid groups (broad SMARTS) is 1. The van der Waals surface area contributed by atoms with E-state index in [1.807, 2.05) is 0 Å². The van der Waals surface area contributed by atoms with Crippen LogP contribution in [-0.2, 0) is 10.0 Å². The lowest BCUT2D eigenvalue weighted by Crippen LogP contribution is -2.46. The zero-order valence-electron chi connectivity index (χ0n) is 14.3. The van der Waals surface area contributed by atoms with E-state index in [9.17, 15) is 18.3 Å². The van der Waals surface area contributed by atoms with Crippen molar-refractivity contribution in [1.29, 1.82) is 0 Å². The second kappa shape index (κ2) is 7.74. The van der Waals surface area contributed by atoms with Gasteiger partial charge in [-0.05, 0) is 49.9 Å². The molecule has 1 aromatic rings. The molecule has 0 radical (unpaired) electrons. The summed E-state index contributed by atoms with van der Waals surface area (Å²) in [6.45, 7) is 0. The molecule has 0 bridgehead atoms. The average molecular weight is 365 g/mol. The highest BCUT2D eigenvalue weighted by molar-refractivity contribution is 7.89. The number of nitrogens with zero attached hydrogens (tertiary/aromatic N) is 1. The van der Waals surface area contributed by atoms with Gasteiger partial charge in [0.2, 0.25) is 10.0 Å². The molecule has 1 amide bonds. The molecule has 2 aliphatic rings. The first-order chi connectivity index (χ1) is 12.0. The molecule has 0 aliphatic heterocycles. The molecule has 2 fully saturated rings. The van der Waals surface area contributed by atoms with Gasteiger partial charge in [-0.3, -0.25) is 0 Å². The molecule has 6 nitrogen and oxygen atoms in total. The molecule has 2 aliphatic carbocycles. The van der Waals surface area contributed by atoms with E-state index in [0.717, 1.165) is 57.8 Å². The van der Waals surface area contributed by atoms with Gasteiger partial charge < -0.3 is 14.8 Å². The number of carbonyl (C=O) groups is 1. The summed E-state index contributed by atoms with van der Waals surface area (Å²) in [6, 6.07) is 5.99. The lowest BCUT2D eigenvalue weighted by Gasteiger charge is -2.31. The number of benzene rings is 1. The highest BCUT2D eigenvalue weighted by atomic mass is 32.2. The van der Waals surface area contributed by atoms with Gasteiger partial charge >= 0.3 is 0 Å². The van der Waals surface area contributed by atoms with Crippen molar-refractivity contribution in [3.8, 4) is 0 Å². The number of rotatable bonds is 5. The van der Waals surface area contributed by atoms with Crippen molar-refractivity contribution in [3.63, 3.8) is 0 Å². The summed E-state index contributed by atoms with van der Waals surface area (Å²) in [4.78, 5) is 13.0. The molecule has 0 saturated heterocycles. The second-order valence-electron chi connectivity index (χ2n) is 7.02. The molecule has 7 heteroatoms. The van der Waals surface area contributed by atoms with Crippen LogP contribution < -0.4 is 14.7 Å². The van der Waals surface area contributed by atoms with Crippen LogP contribution >= 0.6 is 0 Å². The highest BCUT2D eigenvalue weighted by Gasteiger charge is 2.25. The number of amides is 1. The minimum Gasteiger partial charge on any atom is -0.530 e. The fourth-order valence-electron chi connectivity index (χ4n) is 3.92. The van der Waals surface area contributed by atoms with Gasteiger partial charge in [0.25, 0.3) is 0 Å². The van der Waals surface area contributed by atoms with Crippen LogP contribution in [0.15, 0.2) is 29.2 Å². The maximum absolute atomic E-state index is 12.5. The van der Waals surface area contributed by atoms with E-state index in [2.05, 4.69) is 4.72 Å². The number of anilines is 1. The van der Waals surface area contributed by atoms with Gasteiger partial charge in [0.05, 0.1) is 4.90 Å². The molecule has 138 valence electrons. The Balaban J connectivity index is 1.75. The molecule has 25 heavy (non-hydrogen) atoms. The van der Waals surface area contributed by atoms with Gasteiger partial charge in [-0.1, -0.05) is 32.1 Å². The normalized spacial score (nSPS) is 19.8. The van der Waals surface area contributed by atoms with Crippen LogP contribution in [0, 0.1) is 0 Å². The summed E-state index contributed by atoms with van der Waals surface area (Å²) in [6.07, 6.45) is 7.42. The highest BCUT2D eigenvalue weighted by Crippen LogP contribution is 2.29. The Labute approximate surface area is 149 Å². The van der Waals surface area contributed by atoms with Crippen molar-refractivity contribution >= 4 is 21.8 Å². The van der Waals surface area contributed by atoms with E-state index in [-0.39, 0.29) is 17.0 Å². The minimum atomic E-state index is -3.57. The smallest absolute Gasteiger partial charge is 0.240 e. The monoisotopic (exact) mass is 365 g/mol. The van der Waals surface area contributed by atoms with Crippen molar-refractivity contribution < 1.29 is 18.3 Å². The molecular weight excluding hydrogens is 340 g/mol. The third-order valence-corrected chi connectivity index (χ3v) is 6.78. The van der Waals surface area contributed by atoms with E-state index in [0.29, 0.717) is 5.69 Å². The Bertz CT molecular complexity index is 690. The van der Waals surface area contributed by atoms with E-state index in [1.165, 1.54) is 17.0 Å². The Morgan fingerprint density at radius 3 is 2.08 bits per heavy atom. The molecule has 0 heterocycles. The maximum Gasteiger partial charge on any atom is 0.240 e. The third-order valence-electron chi connectivity index (χ3n) is 5.24. The summed E-state index contributed by atoms with van der Waals surface area (Å²) in [5, 5.41) is 11.5. The average Bonchev–Trinajstić information content (AvgIpc) is 3.10. The first-order valence-electron chi connectivity index (χ1n) is 9.10. The fourth-order valence-corrected chi connectivity index (χ4v) is 5.23. The van der Waals surface area contributed by atoms with Crippen molar-refractivity contribution in [2.75, 3.05) is 4.90 Å². The van der Waals surface area contributed by atoms with Crippen LogP contribution in [0.2, 0.25) is 0 Å². The third kappa shape index (κ3) is 4.33. The van der Waals surface area contributed by atoms with Gasteiger partial charge in [-0.25, -0.2) is 13.1 Å². The summed E-state index contributed by atoms with van der Waals surface area (Å²) < 4.78 is 27.8. The quantitative estimate of drug-likeness (QED) is 0.867. The van der Waals surface area contributed by atoms with Crippen molar-refractivity contribution in [3.05, 3.63) is 24.3 Å². The zero-order chi connectivity index (χ0) is 17.9. The first-order valence-corrected chi connectivity index (χ1v) is 10.6. The minimum absolute atomic E-state index is 0.00312. The van der Waals surface area contributed by atoms with E-state index in [1.54, 1.807) is 12.1 Å². The Morgan fingerprint density at radius 2 is 1.52 bits per heavy atom. The predicted molar refractivity (Wildman–Crippen MR) is 93.8 cm³/mol. The number of hydrogen-bond donors (Lipinski definition) is 1. The lowest BCUT2D eigenvalue weighted by molar-refractivity contribution is -0.247. The number of nitrogens with one attached hydrogen (secondary N) is 1. The number of carbonyl (C=O) groups excluding carboxylic acids is 1. The molecule has 0 aromatic heterocycles. The molecule has 0 atom stereocenters. The number of hydrogen-bond acceptors (Lipinski definition) is 4. The Morgan fingerprint density at radius 1 is 0.960 bits per heavy atom. The molecule has 3 rings (SSSR count). The molecule has 0 unspecified atom stereocenters. The van der Waals surface area contributed by atoms with Gasteiger partial charge in [0, 0.05) is 17.8 Å². The topological polar surface area (TPSA) is 89.5 Å². The lowest BCUT2D eigenvalue weighted by atomic mass is 9.96. The standard InChI is InChI=1S/C18H26N2O4S/c21-18(22)20(15-8-4-5-9-15)16-10-12-17(13-11-16)25(23,24)19-14-6-2-1-3-7-14/h10-15,19H,1-9H2,(H,21,22)/p-1. The largest absolute Gasteiger partial charge is 0.530 e. The van der Waals surface area contributed by atoms with Gasteiger partial charge in [0.15, 0.2) is 0 Å². The summed E-state index contributed by atoms with van der Waals surface area (Å²) in [7, 11) is -3.57. The van der Waals surface area contributed by atoms with Crippen LogP contribution in [-0.4, -0.2) is 26.6 Å². The maximum atomic E-state index is 12.5. The van der Waals surface area contributed by atoms with Crippen LogP contribution in [0.4, 0.5) is 10.5 Å². The molecule has 2 saturated carbocycles. The fraction of sp³-hybridized carbons (Fsp3) is 0.611. The first kappa shape index (κ1) is 18.2. The van der Waals surface area contributed by atoms with Crippen molar-refractivity contribution in [2.24, 2.45) is 0 Å². The van der Waals surface area contributed by atoms with E-state index in [4.69, 9.17) is 0 Å². The van der Waals surface area contributed by atoms with Gasteiger partial charge in [0.1, 0.15) is 6.09 Å². The Kier molecular flexibility index (Phi) is 5.64. The second-order valence-corrected chi connectivity index (χ2v) is 8.74. The van der Waals surface area contributed by atoms with E-state index >= 15 is 0 Å². The van der Waals surface area contributed by atoms with Crippen molar-refractivity contribution in [2.45, 2.75) is 74.8 Å². The predicted octanol–water partition coefficient (Wildman–Crippen LogP) is 2.39. The van der Waals surface area contributed by atoms with E-state index < -0.39 is 16.1 Å². The summed E-state index contributed by atoms with van der Waals surface area (Å²) in [5.41, 5.74) is 0.475. The van der Waals surface area contributed by atoms with Crippen LogP contribution in [0.1, 0.15) is 57.8 Å². The molecule has 1 aromatic carbocycles.